The number of aliphatic carboxylic acids is 1. The molecule has 0 spiro atoms. The monoisotopic (exact) mass is 180 g/mol. The Morgan fingerprint density at radius 3 is 2.54 bits per heavy atom. The molecule has 13 heavy (non-hydrogen) atoms. The lowest BCUT2D eigenvalue weighted by Gasteiger charge is -2.59. The number of rotatable bonds is 1. The first kappa shape index (κ1) is 8.79. The maximum Gasteiger partial charge on any atom is 0.310 e. The van der Waals surface area contributed by atoms with Crippen molar-refractivity contribution >= 4 is 5.97 Å². The van der Waals surface area contributed by atoms with E-state index in [1.54, 1.807) is 0 Å². The van der Waals surface area contributed by atoms with Crippen LogP contribution in [0, 0.1) is 23.2 Å². The largest absolute Gasteiger partial charge is 0.481 e. The minimum absolute atomic E-state index is 0.267. The van der Waals surface area contributed by atoms with Crippen LogP contribution in [0.3, 0.4) is 0 Å². The standard InChI is InChI=1S/C11H16O2/c1-6-8(10(12)13)4-7-5-9(6)11(7,2)3/h7-9H,1,4-5H2,2-3H3,(H,12,13). The Morgan fingerprint density at radius 2 is 2.15 bits per heavy atom. The summed E-state index contributed by atoms with van der Waals surface area (Å²) in [6.45, 7) is 8.41. The second-order valence-corrected chi connectivity index (χ2v) is 5.01. The summed E-state index contributed by atoms with van der Waals surface area (Å²) in [5.41, 5.74) is 1.27. The number of fused-ring (bicyclic) bond motifs is 2. The second kappa shape index (κ2) is 2.37. The number of carbonyl (C=O) groups is 1. The molecule has 3 atom stereocenters. The van der Waals surface area contributed by atoms with Crippen molar-refractivity contribution in [2.75, 3.05) is 0 Å². The molecule has 0 saturated heterocycles. The van der Waals surface area contributed by atoms with Crippen LogP contribution in [-0.4, -0.2) is 11.1 Å². The van der Waals surface area contributed by atoms with E-state index in [0.717, 1.165) is 18.4 Å². The molecular formula is C11H16O2. The molecule has 3 saturated carbocycles. The summed E-state index contributed by atoms with van der Waals surface area (Å²) < 4.78 is 0. The zero-order valence-corrected chi connectivity index (χ0v) is 8.21. The molecule has 3 rings (SSSR count). The van der Waals surface area contributed by atoms with Gasteiger partial charge in [-0.15, -0.1) is 0 Å². The van der Waals surface area contributed by atoms with Crippen molar-refractivity contribution < 1.29 is 9.90 Å². The Balaban J connectivity index is 2.21. The van der Waals surface area contributed by atoms with Gasteiger partial charge in [-0.2, -0.15) is 0 Å². The summed E-state index contributed by atoms with van der Waals surface area (Å²) >= 11 is 0. The average molecular weight is 180 g/mol. The van der Waals surface area contributed by atoms with E-state index in [4.69, 9.17) is 5.11 Å². The van der Waals surface area contributed by atoms with Crippen molar-refractivity contribution in [2.45, 2.75) is 26.7 Å². The number of carboxylic acid groups (broad SMARTS) is 1. The molecule has 2 bridgehead atoms. The van der Waals surface area contributed by atoms with Gasteiger partial charge < -0.3 is 5.11 Å². The van der Waals surface area contributed by atoms with Gasteiger partial charge in [0.05, 0.1) is 5.92 Å². The average Bonchev–Trinajstić information content (AvgIpc) is 2.02. The maximum absolute atomic E-state index is 10.9. The summed E-state index contributed by atoms with van der Waals surface area (Å²) in [6.07, 6.45) is 1.97. The van der Waals surface area contributed by atoms with Gasteiger partial charge in [0.1, 0.15) is 0 Å². The predicted octanol–water partition coefficient (Wildman–Crippen LogP) is 2.31. The first-order chi connectivity index (χ1) is 5.94. The van der Waals surface area contributed by atoms with Crippen LogP contribution < -0.4 is 0 Å². The fraction of sp³-hybridized carbons (Fsp3) is 0.727. The van der Waals surface area contributed by atoms with Gasteiger partial charge in [-0.1, -0.05) is 26.0 Å². The Bertz CT molecular complexity index is 278. The third-order valence-electron chi connectivity index (χ3n) is 4.18. The van der Waals surface area contributed by atoms with Gasteiger partial charge in [-0.05, 0) is 30.1 Å². The molecule has 3 aliphatic rings. The fourth-order valence-corrected chi connectivity index (χ4v) is 2.98. The van der Waals surface area contributed by atoms with Gasteiger partial charge >= 0.3 is 5.97 Å². The molecule has 2 nitrogen and oxygen atoms in total. The van der Waals surface area contributed by atoms with E-state index in [1.807, 2.05) is 0 Å². The van der Waals surface area contributed by atoms with Crippen LogP contribution in [0.5, 0.6) is 0 Å². The van der Waals surface area contributed by atoms with Crippen molar-refractivity contribution in [1.29, 1.82) is 0 Å². The van der Waals surface area contributed by atoms with Crippen molar-refractivity contribution in [1.82, 2.24) is 0 Å². The lowest BCUT2D eigenvalue weighted by Crippen LogP contribution is -2.53. The highest BCUT2D eigenvalue weighted by atomic mass is 16.4. The molecule has 0 amide bonds. The van der Waals surface area contributed by atoms with E-state index in [0.29, 0.717) is 17.3 Å². The Morgan fingerprint density at radius 1 is 1.54 bits per heavy atom. The minimum Gasteiger partial charge on any atom is -0.481 e. The third kappa shape index (κ3) is 0.976. The van der Waals surface area contributed by atoms with Crippen molar-refractivity contribution in [3.8, 4) is 0 Å². The molecule has 72 valence electrons. The molecule has 0 aromatic heterocycles. The highest BCUT2D eigenvalue weighted by Crippen LogP contribution is 2.62. The van der Waals surface area contributed by atoms with E-state index in [-0.39, 0.29) is 5.92 Å². The summed E-state index contributed by atoms with van der Waals surface area (Å²) in [6, 6.07) is 0. The molecule has 0 heterocycles. The van der Waals surface area contributed by atoms with Gasteiger partial charge in [0.15, 0.2) is 0 Å². The molecular weight excluding hydrogens is 164 g/mol. The van der Waals surface area contributed by atoms with E-state index >= 15 is 0 Å². The zero-order valence-electron chi connectivity index (χ0n) is 8.21. The van der Waals surface area contributed by atoms with Gasteiger partial charge in [-0.3, -0.25) is 4.79 Å². The summed E-state index contributed by atoms with van der Waals surface area (Å²) in [5.74, 6) is 0.100. The molecule has 0 aromatic rings. The summed E-state index contributed by atoms with van der Waals surface area (Å²) in [5, 5.41) is 8.96. The van der Waals surface area contributed by atoms with Gasteiger partial charge in [-0.25, -0.2) is 0 Å². The van der Waals surface area contributed by atoms with Crippen LogP contribution in [0.1, 0.15) is 26.7 Å². The predicted molar refractivity (Wildman–Crippen MR) is 50.3 cm³/mol. The topological polar surface area (TPSA) is 37.3 Å². The molecule has 0 aromatic carbocycles. The van der Waals surface area contributed by atoms with Crippen molar-refractivity contribution in [3.05, 3.63) is 12.2 Å². The van der Waals surface area contributed by atoms with Crippen LogP contribution in [0.4, 0.5) is 0 Å². The molecule has 0 aliphatic heterocycles. The summed E-state index contributed by atoms with van der Waals surface area (Å²) in [7, 11) is 0. The molecule has 2 heteroatoms. The van der Waals surface area contributed by atoms with Crippen LogP contribution in [0.2, 0.25) is 0 Å². The summed E-state index contributed by atoms with van der Waals surface area (Å²) in [4.78, 5) is 10.9. The van der Waals surface area contributed by atoms with Gasteiger partial charge in [0.2, 0.25) is 0 Å². The minimum atomic E-state index is -0.685. The van der Waals surface area contributed by atoms with Crippen molar-refractivity contribution in [2.24, 2.45) is 23.2 Å². The van der Waals surface area contributed by atoms with E-state index in [2.05, 4.69) is 20.4 Å². The van der Waals surface area contributed by atoms with E-state index in [1.165, 1.54) is 0 Å². The van der Waals surface area contributed by atoms with Crippen LogP contribution in [0.25, 0.3) is 0 Å². The number of hydrogen-bond donors (Lipinski definition) is 1. The SMILES string of the molecule is C=C1C(C(=O)O)CC2CC1C2(C)C. The molecule has 3 unspecified atom stereocenters. The highest BCUT2D eigenvalue weighted by Gasteiger charge is 2.56. The second-order valence-electron chi connectivity index (χ2n) is 5.01. The van der Waals surface area contributed by atoms with Gasteiger partial charge in [0.25, 0.3) is 0 Å². The van der Waals surface area contributed by atoms with Crippen LogP contribution >= 0.6 is 0 Å². The Kier molecular flexibility index (Phi) is 1.60. The lowest BCUT2D eigenvalue weighted by atomic mass is 9.45. The zero-order chi connectivity index (χ0) is 9.80. The smallest absolute Gasteiger partial charge is 0.310 e. The molecule has 3 fully saturated rings. The molecule has 1 N–H and O–H groups in total. The van der Waals surface area contributed by atoms with Gasteiger partial charge in [0, 0.05) is 0 Å². The Labute approximate surface area is 78.6 Å². The number of hydrogen-bond acceptors (Lipinski definition) is 1. The quantitative estimate of drug-likeness (QED) is 0.629. The lowest BCUT2D eigenvalue weighted by molar-refractivity contribution is -0.147. The maximum atomic E-state index is 10.9. The molecule has 3 aliphatic carbocycles. The van der Waals surface area contributed by atoms with Crippen molar-refractivity contribution in [3.63, 3.8) is 0 Å². The van der Waals surface area contributed by atoms with E-state index < -0.39 is 5.97 Å². The number of carboxylic acids is 1. The normalized spacial score (nSPS) is 41.1. The van der Waals surface area contributed by atoms with E-state index in [9.17, 15) is 4.79 Å². The van der Waals surface area contributed by atoms with Crippen LogP contribution in [-0.2, 0) is 4.79 Å². The third-order valence-corrected chi connectivity index (χ3v) is 4.18. The first-order valence-corrected chi connectivity index (χ1v) is 4.86. The van der Waals surface area contributed by atoms with Crippen LogP contribution in [0.15, 0.2) is 12.2 Å². The highest BCUT2D eigenvalue weighted by molar-refractivity contribution is 5.74. The Hall–Kier alpha value is -0.790. The first-order valence-electron chi connectivity index (χ1n) is 4.86. The molecule has 0 radical (unpaired) electrons. The fourth-order valence-electron chi connectivity index (χ4n) is 2.98.